The SMILES string of the molecule is C=N/C=C\NCCCCCCC(=O)OCCCCCCCCC. The lowest BCUT2D eigenvalue weighted by molar-refractivity contribution is -0.143. The molecule has 0 aromatic rings. The summed E-state index contributed by atoms with van der Waals surface area (Å²) in [6.07, 6.45) is 17.0. The predicted molar refractivity (Wildman–Crippen MR) is 98.7 cm³/mol. The highest BCUT2D eigenvalue weighted by Crippen LogP contribution is 2.08. The zero-order chi connectivity index (χ0) is 17.0. The van der Waals surface area contributed by atoms with Gasteiger partial charge in [0, 0.05) is 25.4 Å². The van der Waals surface area contributed by atoms with Gasteiger partial charge < -0.3 is 10.1 Å². The molecule has 4 heteroatoms. The van der Waals surface area contributed by atoms with Crippen LogP contribution in [0.1, 0.15) is 84.0 Å². The maximum Gasteiger partial charge on any atom is 0.305 e. The number of unbranched alkanes of at least 4 members (excludes halogenated alkanes) is 9. The molecule has 4 nitrogen and oxygen atoms in total. The highest BCUT2D eigenvalue weighted by molar-refractivity contribution is 5.69. The van der Waals surface area contributed by atoms with Crippen molar-refractivity contribution in [2.24, 2.45) is 4.99 Å². The Bertz CT molecular complexity index is 304. The zero-order valence-corrected chi connectivity index (χ0v) is 15.0. The van der Waals surface area contributed by atoms with Crippen molar-refractivity contribution < 1.29 is 9.53 Å². The van der Waals surface area contributed by atoms with Crippen LogP contribution in [0, 0.1) is 0 Å². The lowest BCUT2D eigenvalue weighted by Crippen LogP contribution is -2.07. The Morgan fingerprint density at radius 2 is 1.65 bits per heavy atom. The largest absolute Gasteiger partial charge is 0.466 e. The van der Waals surface area contributed by atoms with Crippen LogP contribution in [0.25, 0.3) is 0 Å². The summed E-state index contributed by atoms with van der Waals surface area (Å²) in [6.45, 7) is 7.13. The van der Waals surface area contributed by atoms with Crippen molar-refractivity contribution in [3.8, 4) is 0 Å². The summed E-state index contributed by atoms with van der Waals surface area (Å²) in [7, 11) is 0. The first-order valence-electron chi connectivity index (χ1n) is 9.31. The number of rotatable bonds is 17. The Balaban J connectivity index is 3.19. The van der Waals surface area contributed by atoms with Crippen LogP contribution >= 0.6 is 0 Å². The highest BCUT2D eigenvalue weighted by Gasteiger charge is 2.02. The van der Waals surface area contributed by atoms with Gasteiger partial charge in [-0.25, -0.2) is 0 Å². The molecule has 134 valence electrons. The van der Waals surface area contributed by atoms with E-state index < -0.39 is 0 Å². The summed E-state index contributed by atoms with van der Waals surface area (Å²) in [5.41, 5.74) is 0. The summed E-state index contributed by atoms with van der Waals surface area (Å²) in [5, 5.41) is 3.14. The molecule has 0 aliphatic heterocycles. The van der Waals surface area contributed by atoms with E-state index in [0.29, 0.717) is 13.0 Å². The first-order valence-corrected chi connectivity index (χ1v) is 9.31. The van der Waals surface area contributed by atoms with Gasteiger partial charge >= 0.3 is 5.97 Å². The van der Waals surface area contributed by atoms with Crippen molar-refractivity contribution in [2.75, 3.05) is 13.2 Å². The molecule has 0 bridgehead atoms. The molecule has 0 spiro atoms. The van der Waals surface area contributed by atoms with Gasteiger partial charge in [0.25, 0.3) is 0 Å². The number of esters is 1. The fraction of sp³-hybridized carbons (Fsp3) is 0.789. The van der Waals surface area contributed by atoms with Gasteiger partial charge in [0.15, 0.2) is 0 Å². The third-order valence-corrected chi connectivity index (χ3v) is 3.76. The van der Waals surface area contributed by atoms with Crippen LogP contribution in [0.4, 0.5) is 0 Å². The maximum atomic E-state index is 11.6. The lowest BCUT2D eigenvalue weighted by Gasteiger charge is -2.05. The van der Waals surface area contributed by atoms with E-state index in [9.17, 15) is 4.79 Å². The summed E-state index contributed by atoms with van der Waals surface area (Å²) in [6, 6.07) is 0. The van der Waals surface area contributed by atoms with E-state index in [1.807, 2.05) is 0 Å². The Hall–Kier alpha value is -1.32. The van der Waals surface area contributed by atoms with Crippen LogP contribution in [-0.2, 0) is 9.53 Å². The minimum Gasteiger partial charge on any atom is -0.466 e. The smallest absolute Gasteiger partial charge is 0.305 e. The van der Waals surface area contributed by atoms with Crippen LogP contribution in [0.5, 0.6) is 0 Å². The second-order valence-corrected chi connectivity index (χ2v) is 5.96. The molecule has 0 unspecified atom stereocenters. The number of hydrogen-bond donors (Lipinski definition) is 1. The topological polar surface area (TPSA) is 50.7 Å². The average molecular weight is 325 g/mol. The van der Waals surface area contributed by atoms with Crippen LogP contribution in [0.15, 0.2) is 17.4 Å². The van der Waals surface area contributed by atoms with Crippen LogP contribution in [-0.4, -0.2) is 25.8 Å². The molecule has 0 atom stereocenters. The molecule has 0 saturated heterocycles. The molecule has 0 fully saturated rings. The highest BCUT2D eigenvalue weighted by atomic mass is 16.5. The minimum absolute atomic E-state index is 0.0332. The Morgan fingerprint density at radius 1 is 1.00 bits per heavy atom. The third-order valence-electron chi connectivity index (χ3n) is 3.76. The number of carbonyl (C=O) groups is 1. The third kappa shape index (κ3) is 18.6. The molecule has 0 aliphatic rings. The number of carbonyl (C=O) groups excluding carboxylic acids is 1. The van der Waals surface area contributed by atoms with Gasteiger partial charge in [-0.15, -0.1) is 0 Å². The zero-order valence-electron chi connectivity index (χ0n) is 15.0. The van der Waals surface area contributed by atoms with Crippen molar-refractivity contribution in [3.05, 3.63) is 12.4 Å². The van der Waals surface area contributed by atoms with Gasteiger partial charge in [-0.05, 0) is 26.0 Å². The van der Waals surface area contributed by atoms with Crippen molar-refractivity contribution in [1.29, 1.82) is 0 Å². The normalized spacial score (nSPS) is 10.8. The van der Waals surface area contributed by atoms with E-state index in [1.165, 1.54) is 38.5 Å². The molecule has 0 aliphatic carbocycles. The number of aliphatic imine (C=N–C) groups is 1. The van der Waals surface area contributed by atoms with Gasteiger partial charge in [-0.1, -0.05) is 58.3 Å². The van der Waals surface area contributed by atoms with Crippen LogP contribution in [0.3, 0.4) is 0 Å². The lowest BCUT2D eigenvalue weighted by atomic mass is 10.1. The molecule has 0 amide bonds. The summed E-state index contributed by atoms with van der Waals surface area (Å²) < 4.78 is 5.26. The van der Waals surface area contributed by atoms with Gasteiger partial charge in [0.2, 0.25) is 0 Å². The quantitative estimate of drug-likeness (QED) is 0.233. The van der Waals surface area contributed by atoms with Crippen molar-refractivity contribution >= 4 is 12.7 Å². The van der Waals surface area contributed by atoms with E-state index in [-0.39, 0.29) is 5.97 Å². The van der Waals surface area contributed by atoms with E-state index in [4.69, 9.17) is 4.74 Å². The number of hydrogen-bond acceptors (Lipinski definition) is 4. The van der Waals surface area contributed by atoms with Crippen molar-refractivity contribution in [1.82, 2.24) is 5.32 Å². The Labute approximate surface area is 142 Å². The van der Waals surface area contributed by atoms with Gasteiger partial charge in [-0.2, -0.15) is 0 Å². The maximum absolute atomic E-state index is 11.6. The fourth-order valence-corrected chi connectivity index (χ4v) is 2.36. The number of nitrogens with zero attached hydrogens (tertiary/aromatic N) is 1. The molecule has 0 rings (SSSR count). The molecular formula is C19H36N2O2. The van der Waals surface area contributed by atoms with Gasteiger partial charge in [0.05, 0.1) is 6.61 Å². The van der Waals surface area contributed by atoms with E-state index in [1.54, 1.807) is 12.4 Å². The first-order chi connectivity index (χ1) is 11.3. The minimum atomic E-state index is -0.0332. The Morgan fingerprint density at radius 3 is 2.39 bits per heavy atom. The van der Waals surface area contributed by atoms with E-state index in [2.05, 4.69) is 24.0 Å². The average Bonchev–Trinajstić information content (AvgIpc) is 2.56. The molecule has 0 aromatic heterocycles. The molecule has 1 N–H and O–H groups in total. The van der Waals surface area contributed by atoms with E-state index >= 15 is 0 Å². The van der Waals surface area contributed by atoms with Crippen molar-refractivity contribution in [2.45, 2.75) is 84.0 Å². The summed E-state index contributed by atoms with van der Waals surface area (Å²) >= 11 is 0. The second-order valence-electron chi connectivity index (χ2n) is 5.96. The standard InChI is InChI=1S/C19H36N2O2/c1-3-4-5-6-7-10-13-18-23-19(22)14-11-8-9-12-15-21-17-16-20-2/h16-17,21H,2-15,18H2,1H3/b17-16-. The first kappa shape index (κ1) is 21.7. The Kier molecular flexibility index (Phi) is 17.7. The van der Waals surface area contributed by atoms with Gasteiger partial charge in [-0.3, -0.25) is 9.79 Å². The molecular weight excluding hydrogens is 288 g/mol. The number of nitrogens with one attached hydrogen (secondary N) is 1. The fourth-order valence-electron chi connectivity index (χ4n) is 2.36. The van der Waals surface area contributed by atoms with Crippen LogP contribution < -0.4 is 5.32 Å². The number of ether oxygens (including phenoxy) is 1. The monoisotopic (exact) mass is 324 g/mol. The summed E-state index contributed by atoms with van der Waals surface area (Å²) in [4.78, 5) is 15.2. The van der Waals surface area contributed by atoms with Gasteiger partial charge in [0.1, 0.15) is 0 Å². The molecule has 0 saturated carbocycles. The molecule has 0 radical (unpaired) electrons. The summed E-state index contributed by atoms with van der Waals surface area (Å²) in [5.74, 6) is -0.0332. The van der Waals surface area contributed by atoms with Crippen LogP contribution in [0.2, 0.25) is 0 Å². The molecule has 23 heavy (non-hydrogen) atoms. The van der Waals surface area contributed by atoms with Crippen molar-refractivity contribution in [3.63, 3.8) is 0 Å². The predicted octanol–water partition coefficient (Wildman–Crippen LogP) is 4.99. The molecule has 0 aromatic carbocycles. The molecule has 0 heterocycles. The van der Waals surface area contributed by atoms with E-state index in [0.717, 1.165) is 38.6 Å². The second kappa shape index (κ2) is 18.7.